The van der Waals surface area contributed by atoms with Gasteiger partial charge in [0.2, 0.25) is 0 Å². The summed E-state index contributed by atoms with van der Waals surface area (Å²) < 4.78 is 4.92. The number of furan rings is 1. The highest BCUT2D eigenvalue weighted by Gasteiger charge is 2.36. The molecule has 1 N–H and O–H groups in total. The highest BCUT2D eigenvalue weighted by molar-refractivity contribution is 6.29. The highest BCUT2D eigenvalue weighted by Crippen LogP contribution is 2.19. The molecule has 1 rings (SSSR count). The Morgan fingerprint density at radius 3 is 2.38 bits per heavy atom. The van der Waals surface area contributed by atoms with Gasteiger partial charge in [-0.15, -0.1) is 0 Å². The number of hydrogen-bond acceptors (Lipinski definition) is 3. The number of halogens is 1. The fourth-order valence-electron chi connectivity index (χ4n) is 0.992. The molecule has 1 aromatic rings. The molecule has 0 aliphatic rings. The summed E-state index contributed by atoms with van der Waals surface area (Å²) >= 11 is 5.53. The summed E-state index contributed by atoms with van der Waals surface area (Å²) in [6, 6.07) is 2.83. The number of aliphatic carboxylic acids is 1. The van der Waals surface area contributed by atoms with Crippen LogP contribution in [0.4, 0.5) is 0 Å². The van der Waals surface area contributed by atoms with Gasteiger partial charge in [0.25, 0.3) is 5.91 Å². The largest absolute Gasteiger partial charge is 0.480 e. The molecular formula is C10H12ClNO4. The van der Waals surface area contributed by atoms with E-state index in [0.717, 1.165) is 4.90 Å². The Balaban J connectivity index is 2.95. The van der Waals surface area contributed by atoms with Crippen LogP contribution in [0.25, 0.3) is 0 Å². The van der Waals surface area contributed by atoms with Gasteiger partial charge in [0.1, 0.15) is 5.54 Å². The normalized spacial score (nSPS) is 11.2. The van der Waals surface area contributed by atoms with Gasteiger partial charge in [0, 0.05) is 7.05 Å². The number of likely N-dealkylation sites (N-methyl/N-ethyl adjacent to an activating group) is 1. The zero-order chi connectivity index (χ0) is 12.5. The maximum atomic E-state index is 11.8. The number of carbonyl (C=O) groups is 2. The number of rotatable bonds is 3. The lowest BCUT2D eigenvalue weighted by molar-refractivity contribution is -0.147. The average Bonchev–Trinajstić information content (AvgIpc) is 2.62. The summed E-state index contributed by atoms with van der Waals surface area (Å²) in [6.07, 6.45) is 0. The Morgan fingerprint density at radius 1 is 1.44 bits per heavy atom. The first-order valence-corrected chi connectivity index (χ1v) is 4.91. The van der Waals surface area contributed by atoms with E-state index in [9.17, 15) is 9.59 Å². The third-order valence-electron chi connectivity index (χ3n) is 2.45. The Morgan fingerprint density at radius 2 is 2.00 bits per heavy atom. The van der Waals surface area contributed by atoms with Gasteiger partial charge in [0.15, 0.2) is 11.0 Å². The molecule has 0 radical (unpaired) electrons. The lowest BCUT2D eigenvalue weighted by Crippen LogP contribution is -2.50. The summed E-state index contributed by atoms with van der Waals surface area (Å²) in [6.45, 7) is 2.86. The third kappa shape index (κ3) is 2.19. The second-order valence-electron chi connectivity index (χ2n) is 3.83. The molecule has 5 nitrogen and oxygen atoms in total. The van der Waals surface area contributed by atoms with Crippen molar-refractivity contribution < 1.29 is 19.1 Å². The van der Waals surface area contributed by atoms with Gasteiger partial charge in [0.05, 0.1) is 0 Å². The summed E-state index contributed by atoms with van der Waals surface area (Å²) in [5.41, 5.74) is -1.31. The monoisotopic (exact) mass is 245 g/mol. The zero-order valence-electron chi connectivity index (χ0n) is 9.15. The first-order valence-electron chi connectivity index (χ1n) is 4.53. The second-order valence-corrected chi connectivity index (χ2v) is 4.20. The Kier molecular flexibility index (Phi) is 3.28. The Bertz CT molecular complexity index is 424. The van der Waals surface area contributed by atoms with E-state index < -0.39 is 17.4 Å². The molecule has 1 amide bonds. The van der Waals surface area contributed by atoms with E-state index in [-0.39, 0.29) is 11.0 Å². The topological polar surface area (TPSA) is 70.8 Å². The van der Waals surface area contributed by atoms with Crippen LogP contribution in [-0.2, 0) is 4.79 Å². The Hall–Kier alpha value is -1.49. The van der Waals surface area contributed by atoms with Crippen LogP contribution in [0.5, 0.6) is 0 Å². The first-order chi connectivity index (χ1) is 7.26. The van der Waals surface area contributed by atoms with Crippen molar-refractivity contribution in [3.05, 3.63) is 23.1 Å². The SMILES string of the molecule is CN(C(=O)c1ccc(Cl)o1)C(C)(C)C(=O)O. The van der Waals surface area contributed by atoms with Crippen molar-refractivity contribution in [1.29, 1.82) is 0 Å². The van der Waals surface area contributed by atoms with Gasteiger partial charge in [-0.25, -0.2) is 4.79 Å². The van der Waals surface area contributed by atoms with E-state index in [1.54, 1.807) is 0 Å². The summed E-state index contributed by atoms with van der Waals surface area (Å²) in [4.78, 5) is 23.9. The van der Waals surface area contributed by atoms with E-state index in [1.165, 1.54) is 33.0 Å². The third-order valence-corrected chi connectivity index (χ3v) is 2.65. The molecule has 0 saturated heterocycles. The van der Waals surface area contributed by atoms with E-state index in [0.29, 0.717) is 0 Å². The van der Waals surface area contributed by atoms with Crippen LogP contribution < -0.4 is 0 Å². The first kappa shape index (κ1) is 12.6. The van der Waals surface area contributed by atoms with Crippen molar-refractivity contribution in [3.63, 3.8) is 0 Å². The molecule has 0 unspecified atom stereocenters. The van der Waals surface area contributed by atoms with E-state index >= 15 is 0 Å². The second kappa shape index (κ2) is 4.17. The minimum absolute atomic E-state index is 0.0156. The number of amides is 1. The lowest BCUT2D eigenvalue weighted by Gasteiger charge is -2.30. The predicted molar refractivity (Wildman–Crippen MR) is 57.5 cm³/mol. The standard InChI is InChI=1S/C10H12ClNO4/c1-10(2,9(14)15)12(3)8(13)6-4-5-7(11)16-6/h4-5H,1-3H3,(H,14,15). The summed E-state index contributed by atoms with van der Waals surface area (Å²) in [7, 11) is 1.40. The number of carbonyl (C=O) groups excluding carboxylic acids is 1. The van der Waals surface area contributed by atoms with Gasteiger partial charge >= 0.3 is 5.97 Å². The molecule has 0 bridgehead atoms. The zero-order valence-corrected chi connectivity index (χ0v) is 9.91. The Labute approximate surface area is 97.6 Å². The average molecular weight is 246 g/mol. The van der Waals surface area contributed by atoms with Crippen LogP contribution in [0.15, 0.2) is 16.5 Å². The van der Waals surface area contributed by atoms with E-state index in [4.69, 9.17) is 21.1 Å². The van der Waals surface area contributed by atoms with E-state index in [2.05, 4.69) is 0 Å². The minimum atomic E-state index is -1.31. The number of nitrogens with zero attached hydrogens (tertiary/aromatic N) is 1. The fourth-order valence-corrected chi connectivity index (χ4v) is 1.14. The van der Waals surface area contributed by atoms with Crippen LogP contribution in [0.3, 0.4) is 0 Å². The molecule has 1 aromatic heterocycles. The minimum Gasteiger partial charge on any atom is -0.480 e. The molecule has 0 aliphatic heterocycles. The molecule has 0 aromatic carbocycles. The molecule has 16 heavy (non-hydrogen) atoms. The maximum Gasteiger partial charge on any atom is 0.329 e. The molecule has 0 aliphatic carbocycles. The van der Waals surface area contributed by atoms with Crippen LogP contribution in [-0.4, -0.2) is 34.5 Å². The van der Waals surface area contributed by atoms with Crippen LogP contribution in [0.1, 0.15) is 24.4 Å². The molecule has 0 atom stereocenters. The van der Waals surface area contributed by atoms with Gasteiger partial charge < -0.3 is 14.4 Å². The van der Waals surface area contributed by atoms with Crippen molar-refractivity contribution in [3.8, 4) is 0 Å². The van der Waals surface area contributed by atoms with E-state index in [1.807, 2.05) is 0 Å². The predicted octanol–water partition coefficient (Wildman–Crippen LogP) is 1.87. The van der Waals surface area contributed by atoms with Crippen LogP contribution in [0, 0.1) is 0 Å². The molecule has 0 saturated carbocycles. The van der Waals surface area contributed by atoms with Crippen molar-refractivity contribution in [1.82, 2.24) is 4.90 Å². The highest BCUT2D eigenvalue weighted by atomic mass is 35.5. The summed E-state index contributed by atoms with van der Waals surface area (Å²) in [5, 5.41) is 9.05. The molecular weight excluding hydrogens is 234 g/mol. The van der Waals surface area contributed by atoms with Gasteiger partial charge in [-0.2, -0.15) is 0 Å². The molecule has 88 valence electrons. The van der Waals surface area contributed by atoms with Crippen molar-refractivity contribution in [2.75, 3.05) is 7.05 Å². The van der Waals surface area contributed by atoms with Crippen LogP contribution >= 0.6 is 11.6 Å². The van der Waals surface area contributed by atoms with Crippen LogP contribution in [0.2, 0.25) is 5.22 Å². The summed E-state index contributed by atoms with van der Waals surface area (Å²) in [5.74, 6) is -1.61. The number of hydrogen-bond donors (Lipinski definition) is 1. The number of carboxylic acids is 1. The molecule has 0 fully saturated rings. The van der Waals surface area contributed by atoms with Crippen molar-refractivity contribution >= 4 is 23.5 Å². The molecule has 1 heterocycles. The smallest absolute Gasteiger partial charge is 0.329 e. The van der Waals surface area contributed by atoms with Gasteiger partial charge in [-0.3, -0.25) is 4.79 Å². The maximum absolute atomic E-state index is 11.8. The fraction of sp³-hybridized carbons (Fsp3) is 0.400. The van der Waals surface area contributed by atoms with Crippen molar-refractivity contribution in [2.45, 2.75) is 19.4 Å². The number of carboxylic acid groups (broad SMARTS) is 1. The quantitative estimate of drug-likeness (QED) is 0.883. The van der Waals surface area contributed by atoms with Crippen molar-refractivity contribution in [2.24, 2.45) is 0 Å². The van der Waals surface area contributed by atoms with Gasteiger partial charge in [-0.1, -0.05) is 0 Å². The lowest BCUT2D eigenvalue weighted by atomic mass is 10.0. The molecule has 6 heteroatoms. The molecule has 0 spiro atoms. The van der Waals surface area contributed by atoms with Gasteiger partial charge in [-0.05, 0) is 37.6 Å².